The predicted octanol–water partition coefficient (Wildman–Crippen LogP) is 0.821. The van der Waals surface area contributed by atoms with E-state index in [0.717, 1.165) is 16.0 Å². The summed E-state index contributed by atoms with van der Waals surface area (Å²) in [5.74, 6) is 0. The van der Waals surface area contributed by atoms with E-state index in [0.29, 0.717) is 6.54 Å². The Kier molecular flexibility index (Phi) is 6.92. The lowest BCUT2D eigenvalue weighted by Crippen LogP contribution is -2.25. The van der Waals surface area contributed by atoms with Crippen molar-refractivity contribution in [1.29, 1.82) is 0 Å². The van der Waals surface area contributed by atoms with Crippen LogP contribution in [-0.2, 0) is 22.2 Å². The maximum Gasteiger partial charge on any atom is 0.339 e. The highest BCUT2D eigenvalue weighted by Gasteiger charge is 2.25. The van der Waals surface area contributed by atoms with Crippen molar-refractivity contribution in [3.05, 3.63) is 35.4 Å². The molecule has 0 bridgehead atoms. The molecule has 1 rings (SSSR count). The SMILES string of the molecule is CN(C)Cc1cccc(CN(CP(=O)(O)O)CP(=O)(O)O)c1. The third-order valence-electron chi connectivity index (χ3n) is 2.66. The summed E-state index contributed by atoms with van der Waals surface area (Å²) in [5, 5.41) is 0. The van der Waals surface area contributed by atoms with Crippen LogP contribution in [0.15, 0.2) is 24.3 Å². The Morgan fingerprint density at radius 2 is 1.36 bits per heavy atom. The van der Waals surface area contributed by atoms with Crippen molar-refractivity contribution in [3.63, 3.8) is 0 Å². The van der Waals surface area contributed by atoms with E-state index in [9.17, 15) is 9.13 Å². The molecule has 0 saturated carbocycles. The first-order chi connectivity index (χ1) is 9.94. The van der Waals surface area contributed by atoms with E-state index in [1.165, 1.54) is 0 Å². The van der Waals surface area contributed by atoms with Crippen LogP contribution in [0.3, 0.4) is 0 Å². The molecule has 0 amide bonds. The molecule has 0 spiro atoms. The highest BCUT2D eigenvalue weighted by atomic mass is 31.2. The Hall–Kier alpha value is -0.560. The first kappa shape index (κ1) is 19.5. The maximum atomic E-state index is 11.1. The molecular formula is C12H22N2O6P2. The second-order valence-electron chi connectivity index (χ2n) is 5.50. The van der Waals surface area contributed by atoms with Crippen molar-refractivity contribution < 1.29 is 28.7 Å². The predicted molar refractivity (Wildman–Crippen MR) is 83.2 cm³/mol. The zero-order valence-electron chi connectivity index (χ0n) is 12.5. The highest BCUT2D eigenvalue weighted by Crippen LogP contribution is 2.41. The lowest BCUT2D eigenvalue weighted by atomic mass is 10.1. The van der Waals surface area contributed by atoms with Gasteiger partial charge >= 0.3 is 15.2 Å². The molecule has 0 unspecified atom stereocenters. The molecule has 0 fully saturated rings. The molecule has 10 heteroatoms. The fourth-order valence-corrected chi connectivity index (χ4v) is 3.72. The monoisotopic (exact) mass is 352 g/mol. The van der Waals surface area contributed by atoms with Crippen LogP contribution in [0.5, 0.6) is 0 Å². The summed E-state index contributed by atoms with van der Waals surface area (Å²) in [5.41, 5.74) is 1.75. The van der Waals surface area contributed by atoms with E-state index >= 15 is 0 Å². The minimum atomic E-state index is -4.40. The summed E-state index contributed by atoms with van der Waals surface area (Å²) in [7, 11) is -4.98. The number of hydrogen-bond donors (Lipinski definition) is 4. The van der Waals surface area contributed by atoms with E-state index < -0.39 is 27.8 Å². The van der Waals surface area contributed by atoms with Gasteiger partial charge in [-0.2, -0.15) is 0 Å². The van der Waals surface area contributed by atoms with Gasteiger partial charge in [-0.05, 0) is 25.2 Å². The average molecular weight is 352 g/mol. The van der Waals surface area contributed by atoms with Crippen molar-refractivity contribution >= 4 is 15.2 Å². The molecule has 22 heavy (non-hydrogen) atoms. The molecule has 8 nitrogen and oxygen atoms in total. The molecule has 1 aromatic rings. The second-order valence-corrected chi connectivity index (χ2v) is 8.72. The van der Waals surface area contributed by atoms with Crippen molar-refractivity contribution in [2.75, 3.05) is 26.7 Å². The van der Waals surface area contributed by atoms with Gasteiger partial charge in [-0.1, -0.05) is 24.3 Å². The Morgan fingerprint density at radius 3 is 1.77 bits per heavy atom. The minimum Gasteiger partial charge on any atom is -0.324 e. The van der Waals surface area contributed by atoms with Gasteiger partial charge in [0.25, 0.3) is 0 Å². The van der Waals surface area contributed by atoms with E-state index in [-0.39, 0.29) is 6.54 Å². The van der Waals surface area contributed by atoms with E-state index in [2.05, 4.69) is 0 Å². The quantitative estimate of drug-likeness (QED) is 0.508. The standard InChI is InChI=1S/C12H22N2O6P2/c1-13(2)7-11-4-3-5-12(6-11)8-14(9-21(15,16)17)10-22(18,19)20/h3-6H,7-10H2,1-2H3,(H2,15,16,17)(H2,18,19,20). The van der Waals surface area contributed by atoms with Gasteiger partial charge in [0, 0.05) is 13.1 Å². The number of rotatable bonds is 8. The summed E-state index contributed by atoms with van der Waals surface area (Å²) in [6.45, 7) is 0.752. The molecule has 0 saturated heterocycles. The van der Waals surface area contributed by atoms with E-state index in [1.807, 2.05) is 31.1 Å². The van der Waals surface area contributed by atoms with Gasteiger partial charge in [0.2, 0.25) is 0 Å². The number of nitrogens with zero attached hydrogens (tertiary/aromatic N) is 2. The van der Waals surface area contributed by atoms with Crippen molar-refractivity contribution in [2.24, 2.45) is 0 Å². The molecule has 0 aliphatic rings. The van der Waals surface area contributed by atoms with Crippen molar-refractivity contribution in [1.82, 2.24) is 9.80 Å². The molecule has 0 aliphatic heterocycles. The zero-order chi connectivity index (χ0) is 17.0. The largest absolute Gasteiger partial charge is 0.339 e. The smallest absolute Gasteiger partial charge is 0.324 e. The fourth-order valence-electron chi connectivity index (χ4n) is 2.12. The summed E-state index contributed by atoms with van der Waals surface area (Å²) < 4.78 is 22.2. The van der Waals surface area contributed by atoms with Crippen LogP contribution in [0.1, 0.15) is 11.1 Å². The van der Waals surface area contributed by atoms with Crippen LogP contribution < -0.4 is 0 Å². The minimum absolute atomic E-state index is 0.0531. The fraction of sp³-hybridized carbons (Fsp3) is 0.500. The molecule has 0 atom stereocenters. The van der Waals surface area contributed by atoms with Gasteiger partial charge in [-0.3, -0.25) is 14.0 Å². The number of hydrogen-bond acceptors (Lipinski definition) is 4. The normalized spacial score (nSPS) is 13.1. The molecule has 0 aromatic heterocycles. The molecule has 0 aliphatic carbocycles. The Labute approximate surface area is 129 Å². The highest BCUT2D eigenvalue weighted by molar-refractivity contribution is 7.52. The summed E-state index contributed by atoms with van der Waals surface area (Å²) in [4.78, 5) is 39.2. The zero-order valence-corrected chi connectivity index (χ0v) is 14.3. The van der Waals surface area contributed by atoms with Crippen LogP contribution in [-0.4, -0.2) is 56.0 Å². The third-order valence-corrected chi connectivity index (χ3v) is 4.20. The third kappa shape index (κ3) is 8.78. The Bertz CT molecular complexity index is 559. The van der Waals surface area contributed by atoms with Crippen LogP contribution in [0, 0.1) is 0 Å². The first-order valence-electron chi connectivity index (χ1n) is 6.49. The summed E-state index contributed by atoms with van der Waals surface area (Å²) in [6.07, 6.45) is -1.40. The van der Waals surface area contributed by atoms with E-state index in [1.54, 1.807) is 12.1 Å². The Morgan fingerprint density at radius 1 is 0.909 bits per heavy atom. The van der Waals surface area contributed by atoms with Crippen molar-refractivity contribution in [2.45, 2.75) is 13.1 Å². The number of benzene rings is 1. The van der Waals surface area contributed by atoms with Gasteiger partial charge in [-0.15, -0.1) is 0 Å². The summed E-state index contributed by atoms with van der Waals surface area (Å²) in [6, 6.07) is 7.33. The molecule has 1 aromatic carbocycles. The van der Waals surface area contributed by atoms with Gasteiger partial charge in [0.1, 0.15) is 12.6 Å². The topological polar surface area (TPSA) is 122 Å². The lowest BCUT2D eigenvalue weighted by molar-refractivity contribution is 0.273. The van der Waals surface area contributed by atoms with Crippen LogP contribution in [0.4, 0.5) is 0 Å². The van der Waals surface area contributed by atoms with Gasteiger partial charge in [0.05, 0.1) is 0 Å². The summed E-state index contributed by atoms with van der Waals surface area (Å²) >= 11 is 0. The van der Waals surface area contributed by atoms with Gasteiger partial charge in [-0.25, -0.2) is 0 Å². The van der Waals surface area contributed by atoms with Crippen LogP contribution in [0.2, 0.25) is 0 Å². The maximum absolute atomic E-state index is 11.1. The molecule has 0 heterocycles. The molecular weight excluding hydrogens is 330 g/mol. The van der Waals surface area contributed by atoms with Crippen molar-refractivity contribution in [3.8, 4) is 0 Å². The van der Waals surface area contributed by atoms with Crippen LogP contribution >= 0.6 is 15.2 Å². The van der Waals surface area contributed by atoms with Gasteiger partial charge < -0.3 is 24.5 Å². The molecule has 0 radical (unpaired) electrons. The van der Waals surface area contributed by atoms with Gasteiger partial charge in [0.15, 0.2) is 0 Å². The lowest BCUT2D eigenvalue weighted by Gasteiger charge is -2.23. The Balaban J connectivity index is 2.88. The second kappa shape index (κ2) is 7.81. The van der Waals surface area contributed by atoms with Crippen LogP contribution in [0.25, 0.3) is 0 Å². The first-order valence-corrected chi connectivity index (χ1v) is 10.1. The van der Waals surface area contributed by atoms with E-state index in [4.69, 9.17) is 19.6 Å². The molecule has 4 N–H and O–H groups in total. The molecule has 126 valence electrons. The average Bonchev–Trinajstić information content (AvgIpc) is 2.22.